The second-order valence-corrected chi connectivity index (χ2v) is 5.46. The van der Waals surface area contributed by atoms with E-state index in [2.05, 4.69) is 27.5 Å². The van der Waals surface area contributed by atoms with Gasteiger partial charge in [0.1, 0.15) is 0 Å². The normalized spacial score (nSPS) is 10.8. The van der Waals surface area contributed by atoms with Gasteiger partial charge in [0.15, 0.2) is 5.13 Å². The minimum atomic E-state index is -0.0451. The van der Waals surface area contributed by atoms with Crippen LogP contribution in [-0.4, -0.2) is 20.7 Å². The van der Waals surface area contributed by atoms with Crippen LogP contribution in [0.2, 0.25) is 0 Å². The van der Waals surface area contributed by atoms with Gasteiger partial charge < -0.3 is 5.32 Å². The molecule has 0 radical (unpaired) electrons. The van der Waals surface area contributed by atoms with Crippen LogP contribution in [0.4, 0.5) is 5.13 Å². The van der Waals surface area contributed by atoms with Crippen molar-refractivity contribution in [1.82, 2.24) is 14.8 Å². The number of hydrogen-bond acceptors (Lipinski definition) is 4. The molecular weight excluding hydrogens is 272 g/mol. The number of aryl methyl sites for hydroxylation is 2. The molecule has 1 N–H and O–H groups in total. The standard InChI is InChI=1S/C14H14N4OS/c1-10-2-3-11-9-16-18(12(11)8-10)6-4-13(19)17-14-15-5-7-20-14/h2-3,5,7-9H,4,6H2,1H3,(H,15,17,19). The Morgan fingerprint density at radius 1 is 1.45 bits per heavy atom. The summed E-state index contributed by atoms with van der Waals surface area (Å²) in [5, 5.41) is 10.7. The van der Waals surface area contributed by atoms with E-state index < -0.39 is 0 Å². The van der Waals surface area contributed by atoms with Crippen molar-refractivity contribution >= 4 is 33.3 Å². The molecule has 0 aliphatic rings. The van der Waals surface area contributed by atoms with Gasteiger partial charge in [-0.25, -0.2) is 4.98 Å². The van der Waals surface area contributed by atoms with Crippen molar-refractivity contribution in [2.75, 3.05) is 5.32 Å². The highest BCUT2D eigenvalue weighted by atomic mass is 32.1. The molecule has 1 amide bonds. The summed E-state index contributed by atoms with van der Waals surface area (Å²) in [7, 11) is 0. The fourth-order valence-electron chi connectivity index (χ4n) is 2.03. The number of carbonyl (C=O) groups excluding carboxylic acids is 1. The molecular formula is C14H14N4OS. The molecule has 0 aliphatic heterocycles. The van der Waals surface area contributed by atoms with Gasteiger partial charge in [-0.15, -0.1) is 11.3 Å². The summed E-state index contributed by atoms with van der Waals surface area (Å²) in [5.41, 5.74) is 2.25. The van der Waals surface area contributed by atoms with Crippen molar-refractivity contribution in [2.45, 2.75) is 19.9 Å². The van der Waals surface area contributed by atoms with Crippen LogP contribution in [0.5, 0.6) is 0 Å². The highest BCUT2D eigenvalue weighted by Crippen LogP contribution is 2.16. The zero-order chi connectivity index (χ0) is 13.9. The number of hydrogen-bond donors (Lipinski definition) is 1. The predicted octanol–water partition coefficient (Wildman–Crippen LogP) is 2.83. The molecule has 0 spiro atoms. The predicted molar refractivity (Wildman–Crippen MR) is 79.8 cm³/mol. The summed E-state index contributed by atoms with van der Waals surface area (Å²) in [6, 6.07) is 6.19. The second-order valence-electron chi connectivity index (χ2n) is 4.57. The fourth-order valence-corrected chi connectivity index (χ4v) is 2.58. The smallest absolute Gasteiger partial charge is 0.228 e. The van der Waals surface area contributed by atoms with Crippen LogP contribution in [0.25, 0.3) is 10.9 Å². The molecule has 0 saturated carbocycles. The first-order chi connectivity index (χ1) is 9.72. The van der Waals surface area contributed by atoms with E-state index in [1.54, 1.807) is 6.20 Å². The van der Waals surface area contributed by atoms with Gasteiger partial charge in [0.25, 0.3) is 0 Å². The van der Waals surface area contributed by atoms with E-state index in [1.807, 2.05) is 29.2 Å². The summed E-state index contributed by atoms with van der Waals surface area (Å²) in [4.78, 5) is 15.8. The van der Waals surface area contributed by atoms with Crippen molar-refractivity contribution < 1.29 is 4.79 Å². The number of fused-ring (bicyclic) bond motifs is 1. The minimum absolute atomic E-state index is 0.0451. The van der Waals surface area contributed by atoms with Crippen LogP contribution >= 0.6 is 11.3 Å². The van der Waals surface area contributed by atoms with Gasteiger partial charge in [-0.05, 0) is 18.6 Å². The molecule has 2 heterocycles. The Morgan fingerprint density at radius 2 is 2.35 bits per heavy atom. The van der Waals surface area contributed by atoms with E-state index in [4.69, 9.17) is 0 Å². The molecule has 2 aromatic heterocycles. The van der Waals surface area contributed by atoms with E-state index in [1.165, 1.54) is 16.9 Å². The molecule has 0 aliphatic carbocycles. The molecule has 0 bridgehead atoms. The van der Waals surface area contributed by atoms with Crippen molar-refractivity contribution in [1.29, 1.82) is 0 Å². The first-order valence-corrected chi connectivity index (χ1v) is 7.22. The Morgan fingerprint density at radius 3 is 3.15 bits per heavy atom. The van der Waals surface area contributed by atoms with Crippen molar-refractivity contribution in [3.63, 3.8) is 0 Å². The Balaban J connectivity index is 1.67. The van der Waals surface area contributed by atoms with E-state index >= 15 is 0 Å². The second kappa shape index (κ2) is 5.42. The van der Waals surface area contributed by atoms with E-state index in [-0.39, 0.29) is 5.91 Å². The molecule has 0 saturated heterocycles. The number of amides is 1. The average molecular weight is 286 g/mol. The minimum Gasteiger partial charge on any atom is -0.302 e. The number of rotatable bonds is 4. The molecule has 3 aromatic rings. The van der Waals surface area contributed by atoms with Crippen LogP contribution < -0.4 is 5.32 Å². The Labute approximate surface area is 120 Å². The van der Waals surface area contributed by atoms with Crippen LogP contribution in [-0.2, 0) is 11.3 Å². The molecule has 102 valence electrons. The van der Waals surface area contributed by atoms with Crippen LogP contribution in [0.1, 0.15) is 12.0 Å². The Kier molecular flexibility index (Phi) is 3.47. The lowest BCUT2D eigenvalue weighted by atomic mass is 10.2. The SMILES string of the molecule is Cc1ccc2cnn(CCC(=O)Nc3nccs3)c2c1. The number of nitrogens with one attached hydrogen (secondary N) is 1. The quantitative estimate of drug-likeness (QED) is 0.802. The third-order valence-electron chi connectivity index (χ3n) is 3.03. The van der Waals surface area contributed by atoms with Crippen LogP contribution in [0.15, 0.2) is 36.0 Å². The maximum atomic E-state index is 11.8. The molecule has 0 fully saturated rings. The number of anilines is 1. The molecule has 0 atom stereocenters. The highest BCUT2D eigenvalue weighted by Gasteiger charge is 2.07. The van der Waals surface area contributed by atoms with E-state index in [0.717, 1.165) is 10.9 Å². The van der Waals surface area contributed by atoms with E-state index in [9.17, 15) is 4.79 Å². The Hall–Kier alpha value is -2.21. The van der Waals surface area contributed by atoms with Gasteiger partial charge >= 0.3 is 0 Å². The summed E-state index contributed by atoms with van der Waals surface area (Å²) < 4.78 is 1.86. The lowest BCUT2D eigenvalue weighted by Gasteiger charge is -2.04. The van der Waals surface area contributed by atoms with Gasteiger partial charge in [0.2, 0.25) is 5.91 Å². The molecule has 20 heavy (non-hydrogen) atoms. The summed E-state index contributed by atoms with van der Waals surface area (Å²) in [5.74, 6) is -0.0451. The first-order valence-electron chi connectivity index (χ1n) is 6.34. The average Bonchev–Trinajstić information content (AvgIpc) is 3.05. The molecule has 5 nitrogen and oxygen atoms in total. The third-order valence-corrected chi connectivity index (χ3v) is 3.72. The van der Waals surface area contributed by atoms with Gasteiger partial charge in [0, 0.05) is 23.4 Å². The number of aromatic nitrogens is 3. The lowest BCUT2D eigenvalue weighted by Crippen LogP contribution is -2.14. The summed E-state index contributed by atoms with van der Waals surface area (Å²) >= 11 is 1.41. The number of benzene rings is 1. The van der Waals surface area contributed by atoms with Gasteiger partial charge in [0.05, 0.1) is 18.3 Å². The number of thiazole rings is 1. The maximum Gasteiger partial charge on any atom is 0.228 e. The van der Waals surface area contributed by atoms with Gasteiger partial charge in [-0.2, -0.15) is 5.10 Å². The number of carbonyl (C=O) groups is 1. The molecule has 3 rings (SSSR count). The monoisotopic (exact) mass is 286 g/mol. The van der Waals surface area contributed by atoms with E-state index in [0.29, 0.717) is 18.1 Å². The third kappa shape index (κ3) is 2.70. The fraction of sp³-hybridized carbons (Fsp3) is 0.214. The first kappa shape index (κ1) is 12.8. The van der Waals surface area contributed by atoms with Crippen molar-refractivity contribution in [3.05, 3.63) is 41.5 Å². The van der Waals surface area contributed by atoms with Crippen molar-refractivity contribution in [2.24, 2.45) is 0 Å². The van der Waals surface area contributed by atoms with Crippen LogP contribution in [0.3, 0.4) is 0 Å². The van der Waals surface area contributed by atoms with Gasteiger partial charge in [-0.1, -0.05) is 12.1 Å². The number of nitrogens with zero attached hydrogens (tertiary/aromatic N) is 3. The zero-order valence-corrected chi connectivity index (χ0v) is 11.9. The van der Waals surface area contributed by atoms with Crippen LogP contribution in [0, 0.1) is 6.92 Å². The maximum absolute atomic E-state index is 11.8. The van der Waals surface area contributed by atoms with Gasteiger partial charge in [-0.3, -0.25) is 9.48 Å². The summed E-state index contributed by atoms with van der Waals surface area (Å²) in [6.07, 6.45) is 3.88. The lowest BCUT2D eigenvalue weighted by molar-refractivity contribution is -0.116. The molecule has 0 unspecified atom stereocenters. The molecule has 1 aromatic carbocycles. The largest absolute Gasteiger partial charge is 0.302 e. The van der Waals surface area contributed by atoms with Crippen molar-refractivity contribution in [3.8, 4) is 0 Å². The highest BCUT2D eigenvalue weighted by molar-refractivity contribution is 7.13. The zero-order valence-electron chi connectivity index (χ0n) is 11.0. The Bertz CT molecular complexity index is 733. The molecule has 6 heteroatoms. The topological polar surface area (TPSA) is 59.8 Å². The summed E-state index contributed by atoms with van der Waals surface area (Å²) in [6.45, 7) is 2.61.